The molecule has 0 spiro atoms. The fourth-order valence-electron chi connectivity index (χ4n) is 6.05. The van der Waals surface area contributed by atoms with Crippen LogP contribution in [0.5, 0.6) is 0 Å². The molecule has 3 aliphatic heterocycles. The first-order chi connectivity index (χ1) is 20.2. The SMILES string of the molecule is O=C(NC1CCN(Cc2ccccc2)CC1)C1CCN(c2ccc(Nc3ccc(N4CCOCC4)cc3)nn2)CC1. The average Bonchev–Trinajstić information content (AvgIpc) is 3.04. The molecular formula is C32H41N7O2. The summed E-state index contributed by atoms with van der Waals surface area (Å²) in [6.07, 6.45) is 3.72. The first-order valence-electron chi connectivity index (χ1n) is 15.0. The zero-order chi connectivity index (χ0) is 27.9. The van der Waals surface area contributed by atoms with Crippen LogP contribution in [0.2, 0.25) is 0 Å². The highest BCUT2D eigenvalue weighted by atomic mass is 16.5. The van der Waals surface area contributed by atoms with E-state index in [4.69, 9.17) is 4.74 Å². The number of nitrogens with zero attached hydrogens (tertiary/aromatic N) is 5. The maximum Gasteiger partial charge on any atom is 0.223 e. The summed E-state index contributed by atoms with van der Waals surface area (Å²) in [7, 11) is 0. The van der Waals surface area contributed by atoms with E-state index in [9.17, 15) is 4.79 Å². The smallest absolute Gasteiger partial charge is 0.223 e. The Hall–Kier alpha value is -3.69. The van der Waals surface area contributed by atoms with Crippen LogP contribution in [0.15, 0.2) is 66.7 Å². The molecule has 0 unspecified atom stereocenters. The summed E-state index contributed by atoms with van der Waals surface area (Å²) in [6, 6.07) is 23.3. The van der Waals surface area contributed by atoms with Crippen molar-refractivity contribution < 1.29 is 9.53 Å². The Morgan fingerprint density at radius 1 is 0.780 bits per heavy atom. The molecule has 2 N–H and O–H groups in total. The Labute approximate surface area is 242 Å². The Balaban J connectivity index is 0.921. The summed E-state index contributed by atoms with van der Waals surface area (Å²) in [5.41, 5.74) is 3.55. The third-order valence-electron chi connectivity index (χ3n) is 8.54. The number of likely N-dealkylation sites (tertiary alicyclic amines) is 1. The minimum Gasteiger partial charge on any atom is -0.378 e. The quantitative estimate of drug-likeness (QED) is 0.431. The third-order valence-corrected chi connectivity index (χ3v) is 8.54. The molecule has 3 saturated heterocycles. The van der Waals surface area contributed by atoms with E-state index in [1.807, 2.05) is 12.1 Å². The molecule has 6 rings (SSSR count). The molecule has 4 heterocycles. The summed E-state index contributed by atoms with van der Waals surface area (Å²) in [4.78, 5) is 20.1. The first kappa shape index (κ1) is 27.5. The van der Waals surface area contributed by atoms with E-state index in [0.717, 1.165) is 102 Å². The highest BCUT2D eigenvalue weighted by Crippen LogP contribution is 2.25. The number of anilines is 4. The van der Waals surface area contributed by atoms with Gasteiger partial charge in [-0.1, -0.05) is 30.3 Å². The van der Waals surface area contributed by atoms with Crippen molar-refractivity contribution in [3.8, 4) is 0 Å². The van der Waals surface area contributed by atoms with Gasteiger partial charge in [-0.25, -0.2) is 0 Å². The van der Waals surface area contributed by atoms with E-state index in [1.54, 1.807) is 0 Å². The summed E-state index contributed by atoms with van der Waals surface area (Å²) >= 11 is 0. The minimum absolute atomic E-state index is 0.0722. The van der Waals surface area contributed by atoms with Crippen LogP contribution < -0.4 is 20.4 Å². The van der Waals surface area contributed by atoms with E-state index < -0.39 is 0 Å². The lowest BCUT2D eigenvalue weighted by Crippen LogP contribution is -2.48. The highest BCUT2D eigenvalue weighted by molar-refractivity contribution is 5.79. The fourth-order valence-corrected chi connectivity index (χ4v) is 6.05. The van der Waals surface area contributed by atoms with Gasteiger partial charge >= 0.3 is 0 Å². The number of ether oxygens (including phenoxy) is 1. The van der Waals surface area contributed by atoms with Gasteiger partial charge in [0.05, 0.1) is 13.2 Å². The maximum atomic E-state index is 13.0. The Kier molecular flexibility index (Phi) is 8.92. The van der Waals surface area contributed by atoms with Gasteiger partial charge in [0, 0.05) is 69.1 Å². The van der Waals surface area contributed by atoms with Crippen LogP contribution >= 0.6 is 0 Å². The van der Waals surface area contributed by atoms with Crippen LogP contribution in [0.25, 0.3) is 0 Å². The lowest BCUT2D eigenvalue weighted by Gasteiger charge is -2.35. The maximum absolute atomic E-state index is 13.0. The summed E-state index contributed by atoms with van der Waals surface area (Å²) < 4.78 is 5.45. The second-order valence-corrected chi connectivity index (χ2v) is 11.4. The lowest BCUT2D eigenvalue weighted by atomic mass is 9.94. The van der Waals surface area contributed by atoms with Crippen molar-refractivity contribution in [2.24, 2.45) is 5.92 Å². The predicted octanol–water partition coefficient (Wildman–Crippen LogP) is 4.05. The van der Waals surface area contributed by atoms with Gasteiger partial charge in [-0.2, -0.15) is 0 Å². The Morgan fingerprint density at radius 3 is 2.20 bits per heavy atom. The molecule has 3 aromatic rings. The van der Waals surface area contributed by atoms with Crippen molar-refractivity contribution in [3.05, 3.63) is 72.3 Å². The molecular weight excluding hydrogens is 514 g/mol. The molecule has 3 fully saturated rings. The van der Waals surface area contributed by atoms with Gasteiger partial charge in [0.15, 0.2) is 11.6 Å². The number of benzene rings is 2. The normalized spacial score (nSPS) is 19.2. The number of hydrogen-bond donors (Lipinski definition) is 2. The van der Waals surface area contributed by atoms with Gasteiger partial charge in [-0.05, 0) is 67.6 Å². The standard InChI is InChI=1S/C32H41N7O2/c40-32(34-28-14-16-37(17-15-28)24-25-4-2-1-3-5-25)26-12-18-39(19-13-26)31-11-10-30(35-36-31)33-27-6-8-29(9-7-27)38-20-22-41-23-21-38/h1-11,26,28H,12-24H2,(H,33,35)(H,34,40). The molecule has 3 aliphatic rings. The van der Waals surface area contributed by atoms with Crippen molar-refractivity contribution in [1.29, 1.82) is 0 Å². The number of amides is 1. The number of nitrogens with one attached hydrogen (secondary N) is 2. The molecule has 216 valence electrons. The number of piperidine rings is 2. The molecule has 0 saturated carbocycles. The van der Waals surface area contributed by atoms with Crippen LogP contribution in [0, 0.1) is 5.92 Å². The zero-order valence-electron chi connectivity index (χ0n) is 23.8. The number of carbonyl (C=O) groups excluding carboxylic acids is 1. The molecule has 1 aromatic heterocycles. The van der Waals surface area contributed by atoms with Crippen molar-refractivity contribution >= 4 is 28.9 Å². The molecule has 0 radical (unpaired) electrons. The summed E-state index contributed by atoms with van der Waals surface area (Å²) in [6.45, 7) is 8.10. The second kappa shape index (κ2) is 13.3. The number of aromatic nitrogens is 2. The molecule has 41 heavy (non-hydrogen) atoms. The third kappa shape index (κ3) is 7.34. The van der Waals surface area contributed by atoms with Gasteiger partial charge in [0.1, 0.15) is 0 Å². The summed E-state index contributed by atoms with van der Waals surface area (Å²) in [5, 5.41) is 15.6. The number of rotatable bonds is 8. The monoisotopic (exact) mass is 555 g/mol. The van der Waals surface area contributed by atoms with E-state index in [0.29, 0.717) is 0 Å². The lowest BCUT2D eigenvalue weighted by molar-refractivity contribution is -0.126. The van der Waals surface area contributed by atoms with Crippen LogP contribution in [0.4, 0.5) is 23.0 Å². The highest BCUT2D eigenvalue weighted by Gasteiger charge is 2.28. The van der Waals surface area contributed by atoms with Crippen molar-refractivity contribution in [3.63, 3.8) is 0 Å². The van der Waals surface area contributed by atoms with Gasteiger partial charge in [0.2, 0.25) is 5.91 Å². The number of hydrogen-bond acceptors (Lipinski definition) is 8. The predicted molar refractivity (Wildman–Crippen MR) is 163 cm³/mol. The molecule has 0 atom stereocenters. The van der Waals surface area contributed by atoms with Crippen LogP contribution in [0.1, 0.15) is 31.2 Å². The largest absolute Gasteiger partial charge is 0.378 e. The number of morpholine rings is 1. The van der Waals surface area contributed by atoms with E-state index in [2.05, 4.69) is 90.1 Å². The van der Waals surface area contributed by atoms with Crippen LogP contribution in [-0.4, -0.2) is 79.5 Å². The van der Waals surface area contributed by atoms with E-state index in [-0.39, 0.29) is 17.9 Å². The summed E-state index contributed by atoms with van der Waals surface area (Å²) in [5.74, 6) is 1.87. The molecule has 2 aromatic carbocycles. The molecule has 0 bridgehead atoms. The van der Waals surface area contributed by atoms with Gasteiger partial charge in [-0.3, -0.25) is 9.69 Å². The molecule has 0 aliphatic carbocycles. The fraction of sp³-hybridized carbons (Fsp3) is 0.469. The first-order valence-corrected chi connectivity index (χ1v) is 15.0. The topological polar surface area (TPSA) is 85.9 Å². The van der Waals surface area contributed by atoms with Gasteiger partial charge in [-0.15, -0.1) is 10.2 Å². The molecule has 9 nitrogen and oxygen atoms in total. The number of carbonyl (C=O) groups is 1. The van der Waals surface area contributed by atoms with Gasteiger partial charge < -0.3 is 25.2 Å². The average molecular weight is 556 g/mol. The second-order valence-electron chi connectivity index (χ2n) is 11.4. The van der Waals surface area contributed by atoms with Crippen molar-refractivity contribution in [1.82, 2.24) is 20.4 Å². The minimum atomic E-state index is 0.0722. The van der Waals surface area contributed by atoms with Crippen molar-refractivity contribution in [2.75, 3.05) is 67.6 Å². The zero-order valence-corrected chi connectivity index (χ0v) is 23.8. The van der Waals surface area contributed by atoms with E-state index >= 15 is 0 Å². The Morgan fingerprint density at radius 2 is 1.51 bits per heavy atom. The Bertz CT molecular complexity index is 1230. The van der Waals surface area contributed by atoms with E-state index in [1.165, 1.54) is 11.3 Å². The van der Waals surface area contributed by atoms with Crippen LogP contribution in [0.3, 0.4) is 0 Å². The molecule has 9 heteroatoms. The molecule has 1 amide bonds. The van der Waals surface area contributed by atoms with Gasteiger partial charge in [0.25, 0.3) is 0 Å². The van der Waals surface area contributed by atoms with Crippen molar-refractivity contribution in [2.45, 2.75) is 38.3 Å². The van der Waals surface area contributed by atoms with Crippen LogP contribution in [-0.2, 0) is 16.1 Å².